The van der Waals surface area contributed by atoms with Gasteiger partial charge in [0.25, 0.3) is 5.56 Å². The fourth-order valence-corrected chi connectivity index (χ4v) is 2.79. The Hall–Kier alpha value is -2.59. The van der Waals surface area contributed by atoms with Crippen LogP contribution in [0.15, 0.2) is 59.5 Å². The number of benzene rings is 2. The van der Waals surface area contributed by atoms with Crippen molar-refractivity contribution in [2.45, 2.75) is 19.9 Å². The van der Waals surface area contributed by atoms with E-state index in [9.17, 15) is 9.59 Å². The van der Waals surface area contributed by atoms with E-state index in [0.717, 1.165) is 10.9 Å². The summed E-state index contributed by atoms with van der Waals surface area (Å²) in [5.74, 6) is -0.266. The summed E-state index contributed by atoms with van der Waals surface area (Å²) in [6, 6.07) is 13.9. The molecule has 2 aromatic carbocycles. The maximum Gasteiger partial charge on any atom is 0.259 e. The highest BCUT2D eigenvalue weighted by atomic mass is 35.5. The van der Waals surface area contributed by atoms with Gasteiger partial charge in [-0.05, 0) is 49.1 Å². The van der Waals surface area contributed by atoms with Crippen LogP contribution in [0.5, 0.6) is 0 Å². The van der Waals surface area contributed by atoms with Crippen molar-refractivity contribution in [1.29, 1.82) is 0 Å². The van der Waals surface area contributed by atoms with E-state index in [1.54, 1.807) is 37.4 Å². The fraction of sp³-hybridized carbons (Fsp3) is 0.158. The Kier molecular flexibility index (Phi) is 4.40. The normalized spacial score (nSPS) is 12.1. The van der Waals surface area contributed by atoms with Gasteiger partial charge in [-0.25, -0.2) is 0 Å². The minimum Gasteiger partial charge on any atom is -0.324 e. The van der Waals surface area contributed by atoms with Gasteiger partial charge in [-0.1, -0.05) is 35.9 Å². The lowest BCUT2D eigenvalue weighted by molar-refractivity contribution is -0.118. The first-order valence-corrected chi connectivity index (χ1v) is 8.02. The molecule has 0 radical (unpaired) electrons. The number of halogens is 1. The fourth-order valence-electron chi connectivity index (χ4n) is 2.62. The molecular weight excluding hydrogens is 324 g/mol. The van der Waals surface area contributed by atoms with Gasteiger partial charge in [-0.15, -0.1) is 0 Å². The lowest BCUT2D eigenvalue weighted by Gasteiger charge is -2.17. The van der Waals surface area contributed by atoms with Crippen molar-refractivity contribution in [2.24, 2.45) is 0 Å². The third kappa shape index (κ3) is 2.93. The molecule has 0 aliphatic heterocycles. The number of carbonyl (C=O) groups is 1. The van der Waals surface area contributed by atoms with Crippen molar-refractivity contribution in [3.63, 3.8) is 0 Å². The molecule has 0 saturated heterocycles. The van der Waals surface area contributed by atoms with Crippen molar-refractivity contribution < 1.29 is 4.79 Å². The molecule has 1 amide bonds. The zero-order chi connectivity index (χ0) is 17.3. The molecule has 0 aliphatic rings. The molecule has 1 N–H and O–H groups in total. The molecule has 3 rings (SSSR count). The molecule has 4 nitrogen and oxygen atoms in total. The Labute approximate surface area is 144 Å². The lowest BCUT2D eigenvalue weighted by Crippen LogP contribution is -2.31. The quantitative estimate of drug-likeness (QED) is 0.778. The van der Waals surface area contributed by atoms with E-state index in [-0.39, 0.29) is 11.5 Å². The first-order valence-electron chi connectivity index (χ1n) is 7.65. The van der Waals surface area contributed by atoms with Gasteiger partial charge in [-0.2, -0.15) is 0 Å². The van der Waals surface area contributed by atoms with Crippen LogP contribution < -0.4 is 10.9 Å². The largest absolute Gasteiger partial charge is 0.324 e. The van der Waals surface area contributed by atoms with Gasteiger partial charge in [0.05, 0.1) is 0 Å². The Morgan fingerprint density at radius 2 is 1.88 bits per heavy atom. The highest BCUT2D eigenvalue weighted by Gasteiger charge is 2.18. The minimum atomic E-state index is -0.638. The monoisotopic (exact) mass is 340 g/mol. The van der Waals surface area contributed by atoms with E-state index in [0.29, 0.717) is 16.1 Å². The van der Waals surface area contributed by atoms with E-state index < -0.39 is 6.04 Å². The summed E-state index contributed by atoms with van der Waals surface area (Å²) in [4.78, 5) is 25.2. The predicted molar refractivity (Wildman–Crippen MR) is 97.7 cm³/mol. The Morgan fingerprint density at radius 3 is 2.67 bits per heavy atom. The number of fused-ring (bicyclic) bond motifs is 1. The number of rotatable bonds is 3. The van der Waals surface area contributed by atoms with Crippen LogP contribution in [0.3, 0.4) is 0 Å². The highest BCUT2D eigenvalue weighted by Crippen LogP contribution is 2.23. The number of hydrogen-bond acceptors (Lipinski definition) is 2. The van der Waals surface area contributed by atoms with Gasteiger partial charge >= 0.3 is 0 Å². The van der Waals surface area contributed by atoms with E-state index in [1.165, 1.54) is 4.57 Å². The van der Waals surface area contributed by atoms with Gasteiger partial charge in [-0.3, -0.25) is 9.59 Å². The van der Waals surface area contributed by atoms with Crippen LogP contribution in [0, 0.1) is 6.92 Å². The number of nitrogens with zero attached hydrogens (tertiary/aromatic N) is 1. The van der Waals surface area contributed by atoms with Crippen molar-refractivity contribution >= 4 is 34.0 Å². The molecule has 0 saturated carbocycles. The molecular formula is C19H17ClN2O2. The second kappa shape index (κ2) is 6.49. The van der Waals surface area contributed by atoms with Crippen LogP contribution in [-0.2, 0) is 4.79 Å². The number of anilines is 1. The van der Waals surface area contributed by atoms with Crippen LogP contribution in [0.25, 0.3) is 10.8 Å². The van der Waals surface area contributed by atoms with Gasteiger partial charge in [0.15, 0.2) is 0 Å². The number of nitrogens with one attached hydrogen (secondary N) is 1. The molecule has 24 heavy (non-hydrogen) atoms. The average Bonchev–Trinajstić information content (AvgIpc) is 2.59. The van der Waals surface area contributed by atoms with Crippen LogP contribution >= 0.6 is 11.6 Å². The Bertz CT molecular complexity index is 979. The summed E-state index contributed by atoms with van der Waals surface area (Å²) in [6.07, 6.45) is 1.65. The number of carbonyl (C=O) groups excluding carboxylic acids is 1. The molecule has 5 heteroatoms. The molecule has 1 atom stereocenters. The van der Waals surface area contributed by atoms with E-state index in [2.05, 4.69) is 5.32 Å². The van der Waals surface area contributed by atoms with Crippen LogP contribution in [0.4, 0.5) is 5.69 Å². The minimum absolute atomic E-state index is 0.182. The second-order valence-electron chi connectivity index (χ2n) is 5.69. The van der Waals surface area contributed by atoms with Gasteiger partial charge in [0, 0.05) is 22.3 Å². The van der Waals surface area contributed by atoms with Crippen molar-refractivity contribution in [3.8, 4) is 0 Å². The number of hydrogen-bond donors (Lipinski definition) is 1. The predicted octanol–water partition coefficient (Wildman–Crippen LogP) is 4.16. The molecule has 0 spiro atoms. The van der Waals surface area contributed by atoms with Crippen molar-refractivity contribution in [3.05, 3.63) is 75.7 Å². The zero-order valence-electron chi connectivity index (χ0n) is 13.4. The Balaban J connectivity index is 1.93. The molecule has 1 heterocycles. The van der Waals surface area contributed by atoms with Gasteiger partial charge < -0.3 is 9.88 Å². The summed E-state index contributed by atoms with van der Waals surface area (Å²) in [6.45, 7) is 3.54. The first kappa shape index (κ1) is 16.3. The highest BCUT2D eigenvalue weighted by molar-refractivity contribution is 6.31. The molecule has 3 aromatic rings. The van der Waals surface area contributed by atoms with Crippen molar-refractivity contribution in [2.75, 3.05) is 5.32 Å². The van der Waals surface area contributed by atoms with Crippen LogP contribution in [0.2, 0.25) is 5.02 Å². The molecule has 1 aromatic heterocycles. The zero-order valence-corrected chi connectivity index (χ0v) is 14.2. The number of pyridine rings is 1. The average molecular weight is 341 g/mol. The summed E-state index contributed by atoms with van der Waals surface area (Å²) >= 11 is 6.08. The number of aromatic nitrogens is 1. The summed E-state index contributed by atoms with van der Waals surface area (Å²) < 4.78 is 1.44. The third-order valence-corrected chi connectivity index (χ3v) is 4.57. The van der Waals surface area contributed by atoms with Gasteiger partial charge in [0.2, 0.25) is 5.91 Å². The molecule has 1 unspecified atom stereocenters. The summed E-state index contributed by atoms with van der Waals surface area (Å²) in [7, 11) is 0. The molecule has 0 bridgehead atoms. The second-order valence-corrected chi connectivity index (χ2v) is 6.10. The first-order chi connectivity index (χ1) is 11.5. The smallest absolute Gasteiger partial charge is 0.259 e. The third-order valence-electron chi connectivity index (χ3n) is 4.16. The molecule has 122 valence electrons. The van der Waals surface area contributed by atoms with Gasteiger partial charge in [0.1, 0.15) is 6.04 Å². The standard InChI is InChI=1S/C19H17ClN2O2/c1-12-16(20)8-5-9-17(12)21-18(23)13(2)22-11-10-14-6-3-4-7-15(14)19(22)24/h3-11,13H,1-2H3,(H,21,23). The van der Waals surface area contributed by atoms with Crippen LogP contribution in [0.1, 0.15) is 18.5 Å². The summed E-state index contributed by atoms with van der Waals surface area (Å²) in [5, 5.41) is 4.88. The van der Waals surface area contributed by atoms with E-state index in [4.69, 9.17) is 11.6 Å². The molecule has 0 aliphatic carbocycles. The SMILES string of the molecule is Cc1c(Cl)cccc1NC(=O)C(C)n1ccc2ccccc2c1=O. The molecule has 0 fully saturated rings. The van der Waals surface area contributed by atoms with E-state index >= 15 is 0 Å². The van der Waals surface area contributed by atoms with E-state index in [1.807, 2.05) is 31.2 Å². The lowest BCUT2D eigenvalue weighted by atomic mass is 10.1. The maximum absolute atomic E-state index is 12.6. The van der Waals surface area contributed by atoms with Crippen LogP contribution in [-0.4, -0.2) is 10.5 Å². The topological polar surface area (TPSA) is 51.1 Å². The number of amides is 1. The summed E-state index contributed by atoms with van der Waals surface area (Å²) in [5.41, 5.74) is 1.26. The maximum atomic E-state index is 12.6. The Morgan fingerprint density at radius 1 is 1.12 bits per heavy atom. The van der Waals surface area contributed by atoms with Crippen molar-refractivity contribution in [1.82, 2.24) is 4.57 Å².